The molecule has 0 aliphatic rings. The first-order valence-electron chi connectivity index (χ1n) is 6.47. The number of aromatic carboxylic acids is 1. The number of anilines is 1. The van der Waals surface area contributed by atoms with Crippen molar-refractivity contribution < 1.29 is 14.7 Å². The second kappa shape index (κ2) is 5.75. The number of carboxylic acids is 1. The minimum atomic E-state index is -1.13. The summed E-state index contributed by atoms with van der Waals surface area (Å²) in [5, 5.41) is 11.7. The highest BCUT2D eigenvalue weighted by Gasteiger charge is 2.17. The van der Waals surface area contributed by atoms with Crippen LogP contribution in [0.1, 0.15) is 37.4 Å². The van der Waals surface area contributed by atoms with E-state index in [-0.39, 0.29) is 17.3 Å². The predicted molar refractivity (Wildman–Crippen MR) is 79.8 cm³/mol. The summed E-state index contributed by atoms with van der Waals surface area (Å²) in [7, 11) is 0. The van der Waals surface area contributed by atoms with Crippen LogP contribution in [0.3, 0.4) is 0 Å². The third-order valence-corrected chi connectivity index (χ3v) is 3.17. The Labute approximate surface area is 122 Å². The van der Waals surface area contributed by atoms with E-state index in [1.165, 1.54) is 18.3 Å². The number of aromatic nitrogens is 1. The summed E-state index contributed by atoms with van der Waals surface area (Å²) in [5.41, 5.74) is 3.28. The summed E-state index contributed by atoms with van der Waals surface area (Å²) in [5.74, 6) is -1.43. The minimum Gasteiger partial charge on any atom is -0.478 e. The second-order valence-corrected chi connectivity index (χ2v) is 4.93. The highest BCUT2D eigenvalue weighted by atomic mass is 16.4. The summed E-state index contributed by atoms with van der Waals surface area (Å²) < 4.78 is 0. The van der Waals surface area contributed by atoms with Crippen molar-refractivity contribution in [1.29, 1.82) is 0 Å². The second-order valence-electron chi connectivity index (χ2n) is 4.93. The van der Waals surface area contributed by atoms with E-state index in [9.17, 15) is 9.59 Å². The van der Waals surface area contributed by atoms with Crippen LogP contribution in [0.25, 0.3) is 0 Å². The van der Waals surface area contributed by atoms with Gasteiger partial charge in [0, 0.05) is 11.8 Å². The van der Waals surface area contributed by atoms with E-state index in [2.05, 4.69) is 10.3 Å². The number of pyridine rings is 1. The van der Waals surface area contributed by atoms with E-state index in [4.69, 9.17) is 5.11 Å². The Hall–Kier alpha value is -2.69. The van der Waals surface area contributed by atoms with Gasteiger partial charge in [0.15, 0.2) is 0 Å². The van der Waals surface area contributed by atoms with E-state index < -0.39 is 5.97 Å². The molecule has 5 nitrogen and oxygen atoms in total. The Bertz CT molecular complexity index is 700. The van der Waals surface area contributed by atoms with Crippen LogP contribution in [0, 0.1) is 20.8 Å². The quantitative estimate of drug-likeness (QED) is 0.908. The molecule has 0 bridgehead atoms. The number of carbonyl (C=O) groups is 2. The third-order valence-electron chi connectivity index (χ3n) is 3.17. The Morgan fingerprint density at radius 2 is 1.76 bits per heavy atom. The fourth-order valence-electron chi connectivity index (χ4n) is 2.39. The number of aryl methyl sites for hydroxylation is 3. The van der Waals surface area contributed by atoms with E-state index >= 15 is 0 Å². The van der Waals surface area contributed by atoms with E-state index in [0.29, 0.717) is 5.56 Å². The summed E-state index contributed by atoms with van der Waals surface area (Å²) in [6, 6.07) is 6.75. The van der Waals surface area contributed by atoms with E-state index in [0.717, 1.165) is 16.7 Å². The van der Waals surface area contributed by atoms with Crippen molar-refractivity contribution in [1.82, 2.24) is 4.98 Å². The lowest BCUT2D eigenvalue weighted by molar-refractivity contribution is 0.0697. The molecule has 0 fully saturated rings. The topological polar surface area (TPSA) is 79.3 Å². The minimum absolute atomic E-state index is 0.0340. The lowest BCUT2D eigenvalue weighted by Crippen LogP contribution is -2.18. The molecule has 1 aromatic carbocycles. The number of benzene rings is 1. The Morgan fingerprint density at radius 1 is 1.14 bits per heavy atom. The number of hydrogen-bond donors (Lipinski definition) is 2. The summed E-state index contributed by atoms with van der Waals surface area (Å²) in [4.78, 5) is 27.5. The van der Waals surface area contributed by atoms with Crippen LogP contribution < -0.4 is 5.32 Å². The molecular formula is C16H16N2O3. The van der Waals surface area contributed by atoms with Crippen LogP contribution in [0.2, 0.25) is 0 Å². The molecule has 21 heavy (non-hydrogen) atoms. The van der Waals surface area contributed by atoms with Crippen molar-refractivity contribution in [3.8, 4) is 0 Å². The molecule has 2 rings (SSSR count). The summed E-state index contributed by atoms with van der Waals surface area (Å²) >= 11 is 0. The Balaban J connectivity index is 2.38. The molecule has 2 aromatic rings. The Morgan fingerprint density at radius 3 is 2.33 bits per heavy atom. The predicted octanol–water partition coefficient (Wildman–Crippen LogP) is 2.96. The van der Waals surface area contributed by atoms with Gasteiger partial charge >= 0.3 is 5.97 Å². The fourth-order valence-corrected chi connectivity index (χ4v) is 2.39. The fraction of sp³-hybridized carbons (Fsp3) is 0.188. The molecule has 2 N–H and O–H groups in total. The number of carboxylic acid groups (broad SMARTS) is 1. The molecule has 0 saturated carbocycles. The molecule has 5 heteroatoms. The molecule has 0 spiro atoms. The molecule has 1 heterocycles. The van der Waals surface area contributed by atoms with Gasteiger partial charge in [-0.3, -0.25) is 4.79 Å². The van der Waals surface area contributed by atoms with Crippen LogP contribution in [0.5, 0.6) is 0 Å². The maximum absolute atomic E-state index is 12.4. The molecule has 0 aliphatic heterocycles. The number of nitrogens with one attached hydrogen (secondary N) is 1. The van der Waals surface area contributed by atoms with E-state index in [1.54, 1.807) is 0 Å². The first-order valence-corrected chi connectivity index (χ1v) is 6.47. The molecule has 108 valence electrons. The van der Waals surface area contributed by atoms with Gasteiger partial charge in [-0.25, -0.2) is 9.78 Å². The monoisotopic (exact) mass is 284 g/mol. The lowest BCUT2D eigenvalue weighted by Gasteiger charge is -2.12. The lowest BCUT2D eigenvalue weighted by atomic mass is 9.99. The van der Waals surface area contributed by atoms with Gasteiger partial charge in [-0.05, 0) is 44.0 Å². The average Bonchev–Trinajstić information content (AvgIpc) is 2.37. The van der Waals surface area contributed by atoms with Gasteiger partial charge < -0.3 is 10.4 Å². The van der Waals surface area contributed by atoms with Gasteiger partial charge in [0.25, 0.3) is 5.91 Å². The van der Waals surface area contributed by atoms with Gasteiger partial charge in [0.05, 0.1) is 0 Å². The summed E-state index contributed by atoms with van der Waals surface area (Å²) in [6.45, 7) is 5.67. The first kappa shape index (κ1) is 14.7. The maximum Gasteiger partial charge on any atom is 0.339 e. The highest BCUT2D eigenvalue weighted by molar-refractivity contribution is 6.08. The van der Waals surface area contributed by atoms with Crippen molar-refractivity contribution >= 4 is 17.7 Å². The zero-order valence-electron chi connectivity index (χ0n) is 12.1. The van der Waals surface area contributed by atoms with Crippen LogP contribution in [0.15, 0.2) is 30.5 Å². The van der Waals surface area contributed by atoms with E-state index in [1.807, 2.05) is 32.9 Å². The van der Waals surface area contributed by atoms with Gasteiger partial charge in [-0.1, -0.05) is 17.7 Å². The smallest absolute Gasteiger partial charge is 0.339 e. The SMILES string of the molecule is Cc1cc(C)c(C(=O)Nc2ncccc2C(=O)O)c(C)c1. The number of nitrogens with zero attached hydrogens (tertiary/aromatic N) is 1. The van der Waals surface area contributed by atoms with Crippen LogP contribution >= 0.6 is 0 Å². The van der Waals surface area contributed by atoms with Gasteiger partial charge in [-0.2, -0.15) is 0 Å². The number of rotatable bonds is 3. The average molecular weight is 284 g/mol. The maximum atomic E-state index is 12.4. The third kappa shape index (κ3) is 3.08. The molecule has 0 unspecified atom stereocenters. The molecule has 0 radical (unpaired) electrons. The molecule has 0 aliphatic carbocycles. The van der Waals surface area contributed by atoms with Gasteiger partial charge in [0.2, 0.25) is 0 Å². The van der Waals surface area contributed by atoms with Crippen molar-refractivity contribution in [3.05, 3.63) is 58.3 Å². The molecule has 1 amide bonds. The first-order chi connectivity index (χ1) is 9.90. The van der Waals surface area contributed by atoms with Crippen LogP contribution in [-0.4, -0.2) is 22.0 Å². The number of amides is 1. The molecule has 0 atom stereocenters. The van der Waals surface area contributed by atoms with Crippen LogP contribution in [0.4, 0.5) is 5.82 Å². The molecule has 0 saturated heterocycles. The highest BCUT2D eigenvalue weighted by Crippen LogP contribution is 2.19. The van der Waals surface area contributed by atoms with Crippen molar-refractivity contribution in [2.24, 2.45) is 0 Å². The molecule has 1 aromatic heterocycles. The van der Waals surface area contributed by atoms with Gasteiger partial charge in [-0.15, -0.1) is 0 Å². The zero-order valence-corrected chi connectivity index (χ0v) is 12.1. The number of hydrogen-bond acceptors (Lipinski definition) is 3. The zero-order chi connectivity index (χ0) is 15.6. The Kier molecular flexibility index (Phi) is 4.03. The normalized spacial score (nSPS) is 10.2. The standard InChI is InChI=1S/C16H16N2O3/c1-9-7-10(2)13(11(3)8-9)15(19)18-14-12(16(20)21)5-4-6-17-14/h4-8H,1-3H3,(H,20,21)(H,17,18,19). The summed E-state index contributed by atoms with van der Waals surface area (Å²) in [6.07, 6.45) is 1.44. The number of carbonyl (C=O) groups excluding carboxylic acids is 1. The van der Waals surface area contributed by atoms with Crippen molar-refractivity contribution in [3.63, 3.8) is 0 Å². The molecular weight excluding hydrogens is 268 g/mol. The van der Waals surface area contributed by atoms with Crippen molar-refractivity contribution in [2.45, 2.75) is 20.8 Å². The van der Waals surface area contributed by atoms with Crippen LogP contribution in [-0.2, 0) is 0 Å². The van der Waals surface area contributed by atoms with Gasteiger partial charge in [0.1, 0.15) is 11.4 Å². The van der Waals surface area contributed by atoms with Crippen molar-refractivity contribution in [2.75, 3.05) is 5.32 Å². The largest absolute Gasteiger partial charge is 0.478 e.